The monoisotopic (exact) mass is 296 g/mol. The molecule has 0 radical (unpaired) electrons. The van der Waals surface area contributed by atoms with Crippen molar-refractivity contribution in [1.82, 2.24) is 9.55 Å². The Kier molecular flexibility index (Phi) is 2.76. The molecule has 0 aliphatic carbocycles. The number of aromatic amines is 1. The van der Waals surface area contributed by atoms with Gasteiger partial charge in [-0.1, -0.05) is 11.6 Å². The van der Waals surface area contributed by atoms with Crippen LogP contribution >= 0.6 is 22.9 Å². The summed E-state index contributed by atoms with van der Waals surface area (Å²) in [5.41, 5.74) is -0.852. The van der Waals surface area contributed by atoms with E-state index in [4.69, 9.17) is 11.6 Å². The molecule has 96 valence electrons. The summed E-state index contributed by atoms with van der Waals surface area (Å²) in [4.78, 5) is 26.7. The largest absolute Gasteiger partial charge is 0.334 e. The number of nitrogens with one attached hydrogen (secondary N) is 1. The van der Waals surface area contributed by atoms with Crippen molar-refractivity contribution < 1.29 is 4.39 Å². The SMILES string of the molecule is O=c1[nH]c2ccc(F)cc2c(=O)n1-c1ccc(Cl)s1. The number of hydrogen-bond acceptors (Lipinski definition) is 3. The molecule has 2 heterocycles. The first kappa shape index (κ1) is 12.1. The van der Waals surface area contributed by atoms with E-state index in [9.17, 15) is 14.0 Å². The van der Waals surface area contributed by atoms with Crippen molar-refractivity contribution in [2.75, 3.05) is 0 Å². The minimum Gasteiger partial charge on any atom is -0.306 e. The number of H-pyrrole nitrogens is 1. The maximum atomic E-state index is 13.2. The van der Waals surface area contributed by atoms with Crippen LogP contribution in [0.1, 0.15) is 0 Å². The molecule has 0 unspecified atom stereocenters. The van der Waals surface area contributed by atoms with Gasteiger partial charge in [-0.2, -0.15) is 0 Å². The maximum absolute atomic E-state index is 13.2. The van der Waals surface area contributed by atoms with E-state index in [2.05, 4.69) is 4.98 Å². The van der Waals surface area contributed by atoms with Crippen molar-refractivity contribution in [1.29, 1.82) is 0 Å². The lowest BCUT2D eigenvalue weighted by Crippen LogP contribution is -2.33. The van der Waals surface area contributed by atoms with Gasteiger partial charge in [-0.15, -0.1) is 11.3 Å². The Hall–Kier alpha value is -1.92. The van der Waals surface area contributed by atoms with E-state index in [1.807, 2.05) is 0 Å². The van der Waals surface area contributed by atoms with Gasteiger partial charge in [-0.05, 0) is 30.3 Å². The molecule has 0 fully saturated rings. The van der Waals surface area contributed by atoms with Gasteiger partial charge in [0.05, 0.1) is 15.2 Å². The zero-order chi connectivity index (χ0) is 13.6. The number of thiophene rings is 1. The van der Waals surface area contributed by atoms with Crippen LogP contribution in [0.4, 0.5) is 4.39 Å². The van der Waals surface area contributed by atoms with E-state index in [-0.39, 0.29) is 5.39 Å². The number of benzene rings is 1. The second-order valence-electron chi connectivity index (χ2n) is 3.84. The van der Waals surface area contributed by atoms with E-state index in [0.29, 0.717) is 14.9 Å². The molecule has 0 saturated carbocycles. The third-order valence-electron chi connectivity index (χ3n) is 2.64. The molecular formula is C12H6ClFN2O2S. The summed E-state index contributed by atoms with van der Waals surface area (Å²) in [5, 5.41) is 0.506. The summed E-state index contributed by atoms with van der Waals surface area (Å²) in [6, 6.07) is 6.79. The number of rotatable bonds is 1. The zero-order valence-corrected chi connectivity index (χ0v) is 10.9. The van der Waals surface area contributed by atoms with Gasteiger partial charge < -0.3 is 4.98 Å². The van der Waals surface area contributed by atoms with Crippen LogP contribution in [0.3, 0.4) is 0 Å². The fraction of sp³-hybridized carbons (Fsp3) is 0. The Balaban J connectivity index is 2.43. The normalized spacial score (nSPS) is 11.1. The zero-order valence-electron chi connectivity index (χ0n) is 9.31. The molecule has 0 amide bonds. The summed E-state index contributed by atoms with van der Waals surface area (Å²) < 4.78 is 14.6. The second-order valence-corrected chi connectivity index (χ2v) is 5.53. The maximum Gasteiger partial charge on any atom is 0.334 e. The van der Waals surface area contributed by atoms with Crippen LogP contribution in [0.15, 0.2) is 39.9 Å². The highest BCUT2D eigenvalue weighted by atomic mass is 35.5. The number of hydrogen-bond donors (Lipinski definition) is 1. The second kappa shape index (κ2) is 4.32. The standard InChI is InChI=1S/C12H6ClFN2O2S/c13-9-3-4-10(19-9)16-11(17)7-5-6(14)1-2-8(7)15-12(16)18/h1-5H,(H,15,18). The van der Waals surface area contributed by atoms with Gasteiger partial charge in [-0.25, -0.2) is 13.8 Å². The van der Waals surface area contributed by atoms with Crippen LogP contribution in [0.25, 0.3) is 15.9 Å². The Labute approximate surface area is 114 Å². The Morgan fingerprint density at radius 1 is 1.21 bits per heavy atom. The minimum absolute atomic E-state index is 0.115. The highest BCUT2D eigenvalue weighted by Crippen LogP contribution is 2.23. The van der Waals surface area contributed by atoms with E-state index in [1.165, 1.54) is 12.1 Å². The van der Waals surface area contributed by atoms with Crippen molar-refractivity contribution >= 4 is 33.8 Å². The smallest absolute Gasteiger partial charge is 0.306 e. The van der Waals surface area contributed by atoms with Gasteiger partial charge in [0.15, 0.2) is 0 Å². The fourth-order valence-corrected chi connectivity index (χ4v) is 2.84. The molecule has 1 N–H and O–H groups in total. The highest BCUT2D eigenvalue weighted by molar-refractivity contribution is 7.18. The van der Waals surface area contributed by atoms with Crippen LogP contribution < -0.4 is 11.2 Å². The van der Waals surface area contributed by atoms with Crippen molar-refractivity contribution in [2.45, 2.75) is 0 Å². The first-order chi connectivity index (χ1) is 9.06. The summed E-state index contributed by atoms with van der Waals surface area (Å²) >= 11 is 6.89. The summed E-state index contributed by atoms with van der Waals surface area (Å²) in [7, 11) is 0. The average Bonchev–Trinajstić information content (AvgIpc) is 2.77. The molecule has 19 heavy (non-hydrogen) atoms. The van der Waals surface area contributed by atoms with Crippen molar-refractivity contribution in [2.24, 2.45) is 0 Å². The van der Waals surface area contributed by atoms with Crippen LogP contribution in [0.2, 0.25) is 4.34 Å². The van der Waals surface area contributed by atoms with Gasteiger partial charge in [0.2, 0.25) is 0 Å². The molecule has 0 aliphatic rings. The molecule has 1 aromatic carbocycles. The molecule has 2 aromatic heterocycles. The molecule has 0 atom stereocenters. The topological polar surface area (TPSA) is 54.9 Å². The third-order valence-corrected chi connectivity index (χ3v) is 3.86. The van der Waals surface area contributed by atoms with Gasteiger partial charge in [-0.3, -0.25) is 4.79 Å². The third kappa shape index (κ3) is 1.98. The average molecular weight is 297 g/mol. The Morgan fingerprint density at radius 2 is 2.00 bits per heavy atom. The van der Waals surface area contributed by atoms with Crippen molar-refractivity contribution in [3.05, 3.63) is 61.3 Å². The number of halogens is 2. The van der Waals surface area contributed by atoms with Crippen LogP contribution in [-0.4, -0.2) is 9.55 Å². The predicted octanol–water partition coefficient (Wildman–Crippen LogP) is 2.53. The van der Waals surface area contributed by atoms with E-state index in [1.54, 1.807) is 12.1 Å². The number of nitrogens with zero attached hydrogens (tertiary/aromatic N) is 1. The van der Waals surface area contributed by atoms with Crippen molar-refractivity contribution in [3.8, 4) is 5.00 Å². The minimum atomic E-state index is -0.581. The molecule has 0 saturated heterocycles. The number of fused-ring (bicyclic) bond motifs is 1. The van der Waals surface area contributed by atoms with E-state index in [0.717, 1.165) is 22.0 Å². The molecule has 3 rings (SSSR count). The quantitative estimate of drug-likeness (QED) is 0.750. The van der Waals surface area contributed by atoms with Gasteiger partial charge in [0, 0.05) is 0 Å². The van der Waals surface area contributed by atoms with Gasteiger partial charge >= 0.3 is 5.69 Å². The van der Waals surface area contributed by atoms with Crippen LogP contribution in [-0.2, 0) is 0 Å². The predicted molar refractivity (Wildman–Crippen MR) is 73.0 cm³/mol. The molecular weight excluding hydrogens is 291 g/mol. The van der Waals surface area contributed by atoms with E-state index >= 15 is 0 Å². The molecule has 3 aromatic rings. The molecule has 0 spiro atoms. The number of aromatic nitrogens is 2. The summed E-state index contributed by atoms with van der Waals surface area (Å²) in [6.45, 7) is 0. The van der Waals surface area contributed by atoms with E-state index < -0.39 is 17.1 Å². The van der Waals surface area contributed by atoms with Crippen LogP contribution in [0, 0.1) is 5.82 Å². The molecule has 7 heteroatoms. The summed E-state index contributed by atoms with van der Waals surface area (Å²) in [6.07, 6.45) is 0. The molecule has 0 aliphatic heterocycles. The summed E-state index contributed by atoms with van der Waals surface area (Å²) in [5.74, 6) is -0.535. The molecule has 4 nitrogen and oxygen atoms in total. The Bertz CT molecular complexity index is 897. The first-order valence-electron chi connectivity index (χ1n) is 5.26. The van der Waals surface area contributed by atoms with Gasteiger partial charge in [0.1, 0.15) is 10.8 Å². The Morgan fingerprint density at radius 3 is 2.68 bits per heavy atom. The lowest BCUT2D eigenvalue weighted by Gasteiger charge is -2.03. The fourth-order valence-electron chi connectivity index (χ4n) is 1.81. The van der Waals surface area contributed by atoms with Crippen LogP contribution in [0.5, 0.6) is 0 Å². The van der Waals surface area contributed by atoms with Gasteiger partial charge in [0.25, 0.3) is 5.56 Å². The van der Waals surface area contributed by atoms with Crippen molar-refractivity contribution in [3.63, 3.8) is 0 Å². The first-order valence-corrected chi connectivity index (χ1v) is 6.46. The lowest BCUT2D eigenvalue weighted by molar-refractivity contribution is 0.629. The lowest BCUT2D eigenvalue weighted by atomic mass is 10.2. The molecule has 0 bridgehead atoms. The highest BCUT2D eigenvalue weighted by Gasteiger charge is 2.11.